The van der Waals surface area contributed by atoms with Crippen molar-refractivity contribution in [3.05, 3.63) is 0 Å². The topological polar surface area (TPSA) is 99.8 Å². The maximum absolute atomic E-state index is 12.2. The van der Waals surface area contributed by atoms with E-state index in [0.29, 0.717) is 19.6 Å². The summed E-state index contributed by atoms with van der Waals surface area (Å²) in [5.41, 5.74) is 0. The van der Waals surface area contributed by atoms with Crippen molar-refractivity contribution in [2.45, 2.75) is 38.9 Å². The Labute approximate surface area is 124 Å². The molecule has 0 unspecified atom stereocenters. The molecule has 8 heteroatoms. The number of hydrogen-bond donors (Lipinski definition) is 3. The lowest BCUT2D eigenvalue weighted by atomic mass is 10.1. The molecule has 2 atom stereocenters. The first-order valence-electron chi connectivity index (χ1n) is 7.02. The highest BCUT2D eigenvalue weighted by molar-refractivity contribution is 5.90. The lowest BCUT2D eigenvalue weighted by Gasteiger charge is -2.36. The second-order valence-electron chi connectivity index (χ2n) is 5.27. The van der Waals surface area contributed by atoms with Gasteiger partial charge in [0.1, 0.15) is 12.1 Å². The normalized spacial score (nSPS) is 19.9. The van der Waals surface area contributed by atoms with Crippen LogP contribution in [0.25, 0.3) is 0 Å². The third-order valence-electron chi connectivity index (χ3n) is 3.13. The van der Waals surface area contributed by atoms with Crippen LogP contribution in [0.1, 0.15) is 20.8 Å². The second kappa shape index (κ2) is 7.82. The van der Waals surface area contributed by atoms with Gasteiger partial charge in [0.25, 0.3) is 0 Å². The number of amides is 3. The molecule has 0 radical (unpaired) electrons. The average molecular weight is 300 g/mol. The summed E-state index contributed by atoms with van der Waals surface area (Å²) in [4.78, 5) is 37.2. The molecule has 0 bridgehead atoms. The minimum Gasteiger partial charge on any atom is -0.467 e. The molecule has 1 aliphatic rings. The largest absolute Gasteiger partial charge is 0.467 e. The minimum atomic E-state index is -0.751. The third-order valence-corrected chi connectivity index (χ3v) is 3.13. The van der Waals surface area contributed by atoms with Crippen molar-refractivity contribution < 1.29 is 19.1 Å². The zero-order chi connectivity index (χ0) is 16.0. The fourth-order valence-corrected chi connectivity index (χ4v) is 2.06. The number of urea groups is 1. The van der Waals surface area contributed by atoms with Crippen molar-refractivity contribution in [3.8, 4) is 0 Å². The fraction of sp³-hybridized carbons (Fsp3) is 0.769. The summed E-state index contributed by atoms with van der Waals surface area (Å²) in [5.74, 6) is -0.899. The standard InChI is InChI=1S/C13H24N4O4/c1-8(2)15-13(20)17-6-5-14-7-10(17)11(18)16-9(3)12(19)21-4/h8-10,14H,5-7H2,1-4H3,(H,15,20)(H,16,18)/t9-,10+/m1/s1. The molecule has 3 N–H and O–H groups in total. The van der Waals surface area contributed by atoms with Crippen molar-refractivity contribution in [2.75, 3.05) is 26.7 Å². The predicted octanol–water partition coefficient (Wildman–Crippen LogP) is -0.944. The monoisotopic (exact) mass is 300 g/mol. The molecule has 1 heterocycles. The third kappa shape index (κ3) is 4.89. The lowest BCUT2D eigenvalue weighted by Crippen LogP contribution is -2.63. The molecule has 0 aliphatic carbocycles. The van der Waals surface area contributed by atoms with Gasteiger partial charge < -0.3 is 25.6 Å². The molecule has 1 fully saturated rings. The lowest BCUT2D eigenvalue weighted by molar-refractivity contribution is -0.145. The number of ether oxygens (including phenoxy) is 1. The van der Waals surface area contributed by atoms with E-state index in [0.717, 1.165) is 0 Å². The Morgan fingerprint density at radius 3 is 2.48 bits per heavy atom. The van der Waals surface area contributed by atoms with E-state index in [4.69, 9.17) is 0 Å². The van der Waals surface area contributed by atoms with Gasteiger partial charge in [0.15, 0.2) is 0 Å². The number of hydrogen-bond acceptors (Lipinski definition) is 5. The number of nitrogens with zero attached hydrogens (tertiary/aromatic N) is 1. The molecule has 120 valence electrons. The number of piperazine rings is 1. The highest BCUT2D eigenvalue weighted by Crippen LogP contribution is 2.05. The van der Waals surface area contributed by atoms with E-state index in [1.807, 2.05) is 13.8 Å². The van der Waals surface area contributed by atoms with Crippen LogP contribution in [-0.2, 0) is 14.3 Å². The summed E-state index contributed by atoms with van der Waals surface area (Å²) in [5, 5.41) is 8.41. The van der Waals surface area contributed by atoms with Crippen molar-refractivity contribution in [3.63, 3.8) is 0 Å². The van der Waals surface area contributed by atoms with E-state index in [1.165, 1.54) is 12.0 Å². The van der Waals surface area contributed by atoms with Crippen LogP contribution in [0.5, 0.6) is 0 Å². The number of esters is 1. The summed E-state index contributed by atoms with van der Waals surface area (Å²) in [6, 6.07) is -1.69. The van der Waals surface area contributed by atoms with Gasteiger partial charge in [-0.25, -0.2) is 9.59 Å². The first-order chi connectivity index (χ1) is 9.86. The zero-order valence-corrected chi connectivity index (χ0v) is 12.9. The molecule has 0 aromatic carbocycles. The Balaban J connectivity index is 2.69. The number of nitrogens with one attached hydrogen (secondary N) is 3. The van der Waals surface area contributed by atoms with Crippen molar-refractivity contribution >= 4 is 17.9 Å². The maximum Gasteiger partial charge on any atom is 0.328 e. The van der Waals surface area contributed by atoms with Gasteiger partial charge in [0, 0.05) is 25.7 Å². The quantitative estimate of drug-likeness (QED) is 0.582. The van der Waals surface area contributed by atoms with Gasteiger partial charge in [-0.2, -0.15) is 0 Å². The van der Waals surface area contributed by atoms with Crippen molar-refractivity contribution in [2.24, 2.45) is 0 Å². The first kappa shape index (κ1) is 17.2. The highest BCUT2D eigenvalue weighted by atomic mass is 16.5. The molecule has 0 spiro atoms. The Morgan fingerprint density at radius 1 is 1.24 bits per heavy atom. The predicted molar refractivity (Wildman–Crippen MR) is 76.7 cm³/mol. The molecule has 8 nitrogen and oxygen atoms in total. The fourth-order valence-electron chi connectivity index (χ4n) is 2.06. The second-order valence-corrected chi connectivity index (χ2v) is 5.27. The Bertz CT molecular complexity index is 400. The van der Waals surface area contributed by atoms with E-state index in [9.17, 15) is 14.4 Å². The molecular weight excluding hydrogens is 276 g/mol. The van der Waals surface area contributed by atoms with Gasteiger partial charge in [-0.3, -0.25) is 4.79 Å². The number of carbonyl (C=O) groups excluding carboxylic acids is 3. The van der Waals surface area contributed by atoms with Crippen molar-refractivity contribution in [1.29, 1.82) is 0 Å². The van der Waals surface area contributed by atoms with Crippen LogP contribution in [0.2, 0.25) is 0 Å². The van der Waals surface area contributed by atoms with Crippen LogP contribution in [0.15, 0.2) is 0 Å². The van der Waals surface area contributed by atoms with Crippen LogP contribution in [0.4, 0.5) is 4.79 Å². The van der Waals surface area contributed by atoms with E-state index in [2.05, 4.69) is 20.7 Å². The van der Waals surface area contributed by atoms with Crippen molar-refractivity contribution in [1.82, 2.24) is 20.9 Å². The Kier molecular flexibility index (Phi) is 6.41. The summed E-state index contributed by atoms with van der Waals surface area (Å²) in [7, 11) is 1.26. The molecule has 0 aromatic heterocycles. The van der Waals surface area contributed by atoms with Gasteiger partial charge in [-0.1, -0.05) is 0 Å². The van der Waals surface area contributed by atoms with E-state index in [1.54, 1.807) is 6.92 Å². The van der Waals surface area contributed by atoms with Crippen LogP contribution >= 0.6 is 0 Å². The van der Waals surface area contributed by atoms with Crippen LogP contribution in [0.3, 0.4) is 0 Å². The van der Waals surface area contributed by atoms with E-state index >= 15 is 0 Å². The smallest absolute Gasteiger partial charge is 0.328 e. The van der Waals surface area contributed by atoms with Crippen LogP contribution in [-0.4, -0.2) is 67.7 Å². The molecule has 0 aromatic rings. The molecule has 1 saturated heterocycles. The number of rotatable bonds is 4. The molecule has 21 heavy (non-hydrogen) atoms. The summed E-state index contributed by atoms with van der Waals surface area (Å²) >= 11 is 0. The van der Waals surface area contributed by atoms with E-state index in [-0.39, 0.29) is 18.0 Å². The van der Waals surface area contributed by atoms with Gasteiger partial charge in [-0.15, -0.1) is 0 Å². The van der Waals surface area contributed by atoms with Gasteiger partial charge >= 0.3 is 12.0 Å². The Morgan fingerprint density at radius 2 is 1.90 bits per heavy atom. The molecular formula is C13H24N4O4. The Hall–Kier alpha value is -1.83. The highest BCUT2D eigenvalue weighted by Gasteiger charge is 2.33. The zero-order valence-electron chi connectivity index (χ0n) is 12.9. The van der Waals surface area contributed by atoms with Crippen LogP contribution in [0, 0.1) is 0 Å². The number of carbonyl (C=O) groups is 3. The molecule has 1 rings (SSSR count). The van der Waals surface area contributed by atoms with Gasteiger partial charge in [0.05, 0.1) is 7.11 Å². The SMILES string of the molecule is COC(=O)[C@@H](C)NC(=O)[C@@H]1CNCCN1C(=O)NC(C)C. The number of methoxy groups -OCH3 is 1. The maximum atomic E-state index is 12.2. The van der Waals surface area contributed by atoms with Gasteiger partial charge in [0.2, 0.25) is 5.91 Å². The van der Waals surface area contributed by atoms with Gasteiger partial charge in [-0.05, 0) is 20.8 Å². The van der Waals surface area contributed by atoms with E-state index < -0.39 is 18.1 Å². The molecule has 3 amide bonds. The molecule has 1 aliphatic heterocycles. The average Bonchev–Trinajstić information content (AvgIpc) is 2.45. The summed E-state index contributed by atoms with van der Waals surface area (Å²) in [6.45, 7) is 6.66. The summed E-state index contributed by atoms with van der Waals surface area (Å²) < 4.78 is 4.56. The van der Waals surface area contributed by atoms with Crippen LogP contribution < -0.4 is 16.0 Å². The first-order valence-corrected chi connectivity index (χ1v) is 7.02. The summed E-state index contributed by atoms with van der Waals surface area (Å²) in [6.07, 6.45) is 0. The molecule has 0 saturated carbocycles. The minimum absolute atomic E-state index is 0.00918.